The Morgan fingerprint density at radius 2 is 0.625 bits per heavy atom. The number of aliphatic hydroxyl groups is 1. The second kappa shape index (κ2) is 75.2. The van der Waals surface area contributed by atoms with E-state index in [4.69, 9.17) is 13.0 Å². The summed E-state index contributed by atoms with van der Waals surface area (Å²) in [5.41, 5.74) is 0. The minimum atomic E-state index is -0.671. The van der Waals surface area contributed by atoms with Crippen molar-refractivity contribution in [2.24, 2.45) is 0 Å². The molecule has 2 N–H and O–H groups in total. The predicted molar refractivity (Wildman–Crippen MR) is 275 cm³/mol. The van der Waals surface area contributed by atoms with Crippen molar-refractivity contribution in [2.45, 2.75) is 272 Å². The van der Waals surface area contributed by atoms with Crippen molar-refractivity contribution in [2.75, 3.05) is 0 Å². The zero-order valence-electron chi connectivity index (χ0n) is 42.5. The van der Waals surface area contributed by atoms with Gasteiger partial charge in [-0.25, -0.2) is 0 Å². The van der Waals surface area contributed by atoms with Crippen molar-refractivity contribution in [3.63, 3.8) is 0 Å². The summed E-state index contributed by atoms with van der Waals surface area (Å²) in [6, 6.07) is 0. The molecule has 0 fully saturated rings. The Morgan fingerprint density at radius 1 is 0.406 bits per heavy atom. The third-order valence-electron chi connectivity index (χ3n) is 9.80. The van der Waals surface area contributed by atoms with E-state index in [0.29, 0.717) is 44.0 Å². The molecular weight excluding hydrogens is 872 g/mol. The average Bonchev–Trinajstić information content (AvgIpc) is 3.28. The van der Waals surface area contributed by atoms with Gasteiger partial charge in [-0.05, 0) is 117 Å². The van der Waals surface area contributed by atoms with Gasteiger partial charge >= 0.3 is 33.5 Å². The number of rotatable bonds is 42. The number of aliphatic hydroxyl groups excluding tert-OH is 1. The van der Waals surface area contributed by atoms with Crippen molar-refractivity contribution in [1.29, 1.82) is 0 Å². The Kier molecular flexibility index (Phi) is 83.3. The molecule has 0 aromatic heterocycles. The van der Waals surface area contributed by atoms with Crippen LogP contribution >= 0.6 is 0 Å². The van der Waals surface area contributed by atoms with Crippen LogP contribution in [-0.4, -0.2) is 34.9 Å². The first-order valence-corrected chi connectivity index (χ1v) is 27.0. The van der Waals surface area contributed by atoms with E-state index in [1.165, 1.54) is 161 Å². The molecule has 0 rings (SSSR count). The molecule has 0 saturated heterocycles. The quantitative estimate of drug-likeness (QED) is 0.0358. The van der Waals surface area contributed by atoms with E-state index in [1.807, 2.05) is 12.6 Å². The van der Waals surface area contributed by atoms with E-state index >= 15 is 0 Å². The molecule has 0 aromatic carbocycles. The van der Waals surface area contributed by atoms with Crippen LogP contribution in [0, 0.1) is 0 Å². The first-order chi connectivity index (χ1) is 31.3. The molecule has 0 bridgehead atoms. The average molecular weight is 975 g/mol. The van der Waals surface area contributed by atoms with Crippen LogP contribution in [0.1, 0.15) is 266 Å². The van der Waals surface area contributed by atoms with Crippen LogP contribution in [0.3, 0.4) is 0 Å². The molecule has 0 heterocycles. The van der Waals surface area contributed by atoms with Gasteiger partial charge in [0.05, 0.1) is 0 Å². The number of carboxylic acids is 1. The van der Waals surface area contributed by atoms with Gasteiger partial charge in [-0.15, -0.1) is 0 Å². The van der Waals surface area contributed by atoms with E-state index in [1.54, 1.807) is 13.8 Å². The Morgan fingerprint density at radius 3 is 0.859 bits per heavy atom. The van der Waals surface area contributed by atoms with Gasteiger partial charge in [0.1, 0.15) is 0 Å². The molecule has 0 aliphatic rings. The molecule has 0 aliphatic carbocycles. The van der Waals surface area contributed by atoms with Crippen molar-refractivity contribution in [3.8, 4) is 0 Å². The topological polar surface area (TPSA) is 109 Å². The fraction of sp³-hybridized carbons (Fsp3) is 0.737. The standard InChI is InChI=1S/C18H32O2.2C18H31O.C3H8O.O.Zr/c1-2-3-4-5-6-7-8-9-10-11-12-13-14-15-16-17-18(19)20;2*1-2-3-4-5-6-7-8-9-10-11-12-13-14-15-16-17-18-19;1-3(2)4;;/h6-7,9-10H,2-5,8,11-17H2,1H3,(H,19,20);2*6-7,9-10H,2-5,8,11-17H2,1H3;3-4H,1-2H3;;/q;2*-1;;;+2/b3*7-6-,10-9-;;;. The van der Waals surface area contributed by atoms with Crippen molar-refractivity contribution in [3.05, 3.63) is 72.9 Å². The van der Waals surface area contributed by atoms with Crippen LogP contribution in [0.5, 0.6) is 0 Å². The third kappa shape index (κ3) is 94.5. The molecule has 64 heavy (non-hydrogen) atoms. The van der Waals surface area contributed by atoms with Crippen molar-refractivity contribution in [1.82, 2.24) is 0 Å². The maximum atomic E-state index is 10.3. The van der Waals surface area contributed by atoms with Crippen LogP contribution < -0.4 is 0 Å². The van der Waals surface area contributed by atoms with Gasteiger partial charge < -0.3 is 19.8 Å². The first-order valence-electron chi connectivity index (χ1n) is 26.0. The van der Waals surface area contributed by atoms with Gasteiger partial charge in [-0.3, -0.25) is 17.4 Å². The number of aliphatic carboxylic acids is 1. The SMILES string of the molecule is CC(C)O.CCCCC/C=C\C/C=C\CCCCCCCC(=O)O.CCCCC/C=C\C/C=C\CCCCCCC[C-]=O.CCCCC/C=C\C/C=C\CCCCCCC[C-]=O.[O]=[Zr+2]. The van der Waals surface area contributed by atoms with Crippen LogP contribution in [0.4, 0.5) is 0 Å². The molecule has 0 atom stereocenters. The molecule has 370 valence electrons. The number of unbranched alkanes of at least 4 members (excludes halogenated alkanes) is 26. The fourth-order valence-electron chi connectivity index (χ4n) is 6.10. The molecular formula is C57H102O6Zr. The molecule has 7 heteroatoms. The summed E-state index contributed by atoms with van der Waals surface area (Å²) >= 11 is 0.300. The summed E-state index contributed by atoms with van der Waals surface area (Å²) < 4.78 is 8.34. The van der Waals surface area contributed by atoms with Crippen LogP contribution in [0.15, 0.2) is 72.9 Å². The Bertz CT molecular complexity index is 992. The van der Waals surface area contributed by atoms with E-state index in [-0.39, 0.29) is 6.10 Å². The van der Waals surface area contributed by atoms with E-state index in [0.717, 1.165) is 51.4 Å². The molecule has 0 unspecified atom stereocenters. The Hall–Kier alpha value is -2.11. The molecule has 6 nitrogen and oxygen atoms in total. The molecule has 0 radical (unpaired) electrons. The van der Waals surface area contributed by atoms with E-state index in [9.17, 15) is 14.4 Å². The van der Waals surface area contributed by atoms with Gasteiger partial charge in [-0.2, -0.15) is 12.8 Å². The summed E-state index contributed by atoms with van der Waals surface area (Å²) in [4.78, 5) is 30.3. The van der Waals surface area contributed by atoms with Crippen LogP contribution in [0.25, 0.3) is 0 Å². The zero-order valence-corrected chi connectivity index (χ0v) is 44.9. The van der Waals surface area contributed by atoms with Crippen molar-refractivity contribution >= 4 is 18.5 Å². The van der Waals surface area contributed by atoms with Crippen LogP contribution in [-0.2, 0) is 41.9 Å². The molecule has 0 aromatic rings. The predicted octanol–water partition coefficient (Wildman–Crippen LogP) is 18.0. The van der Waals surface area contributed by atoms with Gasteiger partial charge in [-0.1, -0.05) is 203 Å². The molecule has 0 spiro atoms. The van der Waals surface area contributed by atoms with Crippen LogP contribution in [0.2, 0.25) is 0 Å². The van der Waals surface area contributed by atoms with Gasteiger partial charge in [0.25, 0.3) is 0 Å². The van der Waals surface area contributed by atoms with E-state index < -0.39 is 5.97 Å². The summed E-state index contributed by atoms with van der Waals surface area (Å²) in [6.45, 7) is 10.2. The summed E-state index contributed by atoms with van der Waals surface area (Å²) in [6.07, 6.45) is 72.6. The Balaban J connectivity index is -0.000000255. The fourth-order valence-corrected chi connectivity index (χ4v) is 6.10. The minimum absolute atomic E-state index is 0.167. The van der Waals surface area contributed by atoms with Gasteiger partial charge in [0.15, 0.2) is 0 Å². The molecule has 0 saturated carbocycles. The second-order valence-corrected chi connectivity index (χ2v) is 16.7. The number of carbonyl (C=O) groups is 1. The third-order valence-corrected chi connectivity index (χ3v) is 9.80. The number of hydrogen-bond acceptors (Lipinski definition) is 5. The first kappa shape index (κ1) is 70.9. The zero-order chi connectivity index (χ0) is 48.5. The van der Waals surface area contributed by atoms with Gasteiger partial charge in [0.2, 0.25) is 0 Å². The normalized spacial score (nSPS) is 11.2. The summed E-state index contributed by atoms with van der Waals surface area (Å²) in [5, 5.41) is 16.6. The molecule has 0 aliphatic heterocycles. The Labute approximate surface area is 413 Å². The number of carbonyl (C=O) groups excluding carboxylic acids is 2. The van der Waals surface area contributed by atoms with Gasteiger partial charge in [0, 0.05) is 12.5 Å². The monoisotopic (exact) mass is 973 g/mol. The molecule has 0 amide bonds. The van der Waals surface area contributed by atoms with E-state index in [2.05, 4.69) is 93.7 Å². The van der Waals surface area contributed by atoms with Crippen molar-refractivity contribution < 1.29 is 52.1 Å². The second-order valence-electron chi connectivity index (χ2n) is 16.7. The maximum absolute atomic E-state index is 10.3. The number of hydrogen-bond donors (Lipinski definition) is 2. The summed E-state index contributed by atoms with van der Waals surface area (Å²) in [7, 11) is 0. The number of carboxylic acid groups (broad SMARTS) is 1. The number of allylic oxidation sites excluding steroid dienone is 12. The summed E-state index contributed by atoms with van der Waals surface area (Å²) in [5.74, 6) is -0.671.